The molecule has 0 aromatic carbocycles. The van der Waals surface area contributed by atoms with Gasteiger partial charge < -0.3 is 14.5 Å². The van der Waals surface area contributed by atoms with E-state index in [0.717, 1.165) is 18.1 Å². The lowest BCUT2D eigenvalue weighted by molar-refractivity contribution is 0.167. The van der Waals surface area contributed by atoms with Gasteiger partial charge in [-0.1, -0.05) is 6.92 Å². The molecule has 0 bridgehead atoms. The second-order valence-electron chi connectivity index (χ2n) is 3.43. The number of nitrogens with one attached hydrogen (secondary N) is 1. The normalized spacial score (nSPS) is 13.1. The summed E-state index contributed by atoms with van der Waals surface area (Å²) >= 11 is 0. The Morgan fingerprint density at radius 1 is 1.50 bits per heavy atom. The van der Waals surface area contributed by atoms with Crippen molar-refractivity contribution in [1.29, 1.82) is 0 Å². The summed E-state index contributed by atoms with van der Waals surface area (Å²) in [5.74, 6) is 1.93. The molecule has 0 saturated heterocycles. The summed E-state index contributed by atoms with van der Waals surface area (Å²) in [5, 5.41) is 3.37. The van der Waals surface area contributed by atoms with Crippen molar-refractivity contribution in [3.63, 3.8) is 0 Å². The van der Waals surface area contributed by atoms with Crippen LogP contribution in [0.3, 0.4) is 0 Å². The molecule has 0 radical (unpaired) electrons. The van der Waals surface area contributed by atoms with Gasteiger partial charge in [0.1, 0.15) is 11.5 Å². The Kier molecular flexibility index (Phi) is 4.17. The van der Waals surface area contributed by atoms with Gasteiger partial charge in [0.05, 0.1) is 12.6 Å². The lowest BCUT2D eigenvalue weighted by Gasteiger charge is -2.15. The Bertz CT molecular complexity index is 275. The van der Waals surface area contributed by atoms with Crippen LogP contribution in [0.4, 0.5) is 0 Å². The van der Waals surface area contributed by atoms with Crippen molar-refractivity contribution in [3.05, 3.63) is 23.2 Å². The van der Waals surface area contributed by atoms with Crippen molar-refractivity contribution in [2.75, 3.05) is 20.3 Å². The van der Waals surface area contributed by atoms with Gasteiger partial charge >= 0.3 is 0 Å². The van der Waals surface area contributed by atoms with Gasteiger partial charge in [-0.05, 0) is 26.5 Å². The summed E-state index contributed by atoms with van der Waals surface area (Å²) in [6, 6.07) is 2.31. The minimum Gasteiger partial charge on any atom is -0.466 e. The smallest absolute Gasteiger partial charge is 0.105 e. The molecule has 80 valence electrons. The van der Waals surface area contributed by atoms with Gasteiger partial charge in [-0.25, -0.2) is 0 Å². The third-order valence-electron chi connectivity index (χ3n) is 2.24. The standard InChI is InChI=1S/C11H19NO2/c1-5-12-11(7-13-4)10-6-8(2)14-9(10)3/h6,11-12H,5,7H2,1-4H3. The maximum Gasteiger partial charge on any atom is 0.105 e. The molecule has 0 amide bonds. The first-order valence-corrected chi connectivity index (χ1v) is 4.98. The highest BCUT2D eigenvalue weighted by atomic mass is 16.5. The molecule has 0 aliphatic carbocycles. The highest BCUT2D eigenvalue weighted by Crippen LogP contribution is 2.21. The third kappa shape index (κ3) is 2.59. The van der Waals surface area contributed by atoms with E-state index in [0.29, 0.717) is 6.61 Å². The fourth-order valence-electron chi connectivity index (χ4n) is 1.67. The van der Waals surface area contributed by atoms with Crippen LogP contribution in [0.1, 0.15) is 30.0 Å². The minimum atomic E-state index is 0.238. The molecule has 0 fully saturated rings. The molecule has 0 aliphatic rings. The topological polar surface area (TPSA) is 34.4 Å². The van der Waals surface area contributed by atoms with Gasteiger partial charge in [-0.3, -0.25) is 0 Å². The van der Waals surface area contributed by atoms with E-state index in [-0.39, 0.29) is 6.04 Å². The third-order valence-corrected chi connectivity index (χ3v) is 2.24. The van der Waals surface area contributed by atoms with E-state index in [9.17, 15) is 0 Å². The maximum atomic E-state index is 5.49. The Hall–Kier alpha value is -0.800. The van der Waals surface area contributed by atoms with E-state index in [2.05, 4.69) is 18.3 Å². The van der Waals surface area contributed by atoms with Crippen LogP contribution in [0.15, 0.2) is 10.5 Å². The number of rotatable bonds is 5. The summed E-state index contributed by atoms with van der Waals surface area (Å²) in [4.78, 5) is 0. The molecular weight excluding hydrogens is 178 g/mol. The van der Waals surface area contributed by atoms with Crippen LogP contribution in [-0.4, -0.2) is 20.3 Å². The van der Waals surface area contributed by atoms with Gasteiger partial charge in [0.25, 0.3) is 0 Å². The second-order valence-corrected chi connectivity index (χ2v) is 3.43. The van der Waals surface area contributed by atoms with Crippen molar-refractivity contribution < 1.29 is 9.15 Å². The minimum absolute atomic E-state index is 0.238. The number of ether oxygens (including phenoxy) is 1. The Labute approximate surface area is 85.4 Å². The summed E-state index contributed by atoms with van der Waals surface area (Å²) in [7, 11) is 1.71. The molecule has 1 unspecified atom stereocenters. The van der Waals surface area contributed by atoms with Crippen molar-refractivity contribution in [2.24, 2.45) is 0 Å². The Balaban J connectivity index is 2.80. The van der Waals surface area contributed by atoms with Gasteiger partial charge in [0.15, 0.2) is 0 Å². The highest BCUT2D eigenvalue weighted by molar-refractivity contribution is 5.24. The van der Waals surface area contributed by atoms with E-state index in [1.54, 1.807) is 7.11 Å². The number of hydrogen-bond acceptors (Lipinski definition) is 3. The average Bonchev–Trinajstić information content (AvgIpc) is 2.45. The first-order valence-electron chi connectivity index (χ1n) is 4.98. The highest BCUT2D eigenvalue weighted by Gasteiger charge is 2.15. The zero-order valence-electron chi connectivity index (χ0n) is 9.39. The number of likely N-dealkylation sites (N-methyl/N-ethyl adjacent to an activating group) is 1. The fourth-order valence-corrected chi connectivity index (χ4v) is 1.67. The molecule has 0 saturated carbocycles. The van der Waals surface area contributed by atoms with Gasteiger partial charge in [0.2, 0.25) is 0 Å². The van der Waals surface area contributed by atoms with Crippen LogP contribution in [0.5, 0.6) is 0 Å². The predicted molar refractivity (Wildman–Crippen MR) is 56.5 cm³/mol. The van der Waals surface area contributed by atoms with Crippen LogP contribution < -0.4 is 5.32 Å². The first-order chi connectivity index (χ1) is 6.69. The number of methoxy groups -OCH3 is 1. The fraction of sp³-hybridized carbons (Fsp3) is 0.636. The van der Waals surface area contributed by atoms with Gasteiger partial charge in [-0.2, -0.15) is 0 Å². The number of hydrogen-bond donors (Lipinski definition) is 1. The molecular formula is C11H19NO2. The molecule has 1 N–H and O–H groups in total. The molecule has 1 rings (SSSR count). The molecule has 1 atom stereocenters. The summed E-state index contributed by atoms with van der Waals surface area (Å²) in [6.07, 6.45) is 0. The predicted octanol–water partition coefficient (Wildman–Crippen LogP) is 2.19. The van der Waals surface area contributed by atoms with Crippen molar-refractivity contribution >= 4 is 0 Å². The molecule has 3 heteroatoms. The lowest BCUT2D eigenvalue weighted by atomic mass is 10.1. The summed E-state index contributed by atoms with van der Waals surface area (Å²) in [6.45, 7) is 7.64. The van der Waals surface area contributed by atoms with Crippen LogP contribution in [0.2, 0.25) is 0 Å². The molecule has 1 aromatic heterocycles. The average molecular weight is 197 g/mol. The quantitative estimate of drug-likeness (QED) is 0.785. The molecule has 3 nitrogen and oxygen atoms in total. The Morgan fingerprint density at radius 2 is 2.21 bits per heavy atom. The van der Waals surface area contributed by atoms with Crippen molar-refractivity contribution in [2.45, 2.75) is 26.8 Å². The monoisotopic (exact) mass is 197 g/mol. The van der Waals surface area contributed by atoms with E-state index in [4.69, 9.17) is 9.15 Å². The molecule has 0 spiro atoms. The summed E-state index contributed by atoms with van der Waals surface area (Å²) in [5.41, 5.74) is 1.20. The Morgan fingerprint density at radius 3 is 2.64 bits per heavy atom. The van der Waals surface area contributed by atoms with Gasteiger partial charge in [0, 0.05) is 12.7 Å². The second kappa shape index (κ2) is 5.17. The number of aryl methyl sites for hydroxylation is 2. The van der Waals surface area contributed by atoms with Crippen molar-refractivity contribution in [1.82, 2.24) is 5.32 Å². The summed E-state index contributed by atoms with van der Waals surface area (Å²) < 4.78 is 10.7. The molecule has 1 heterocycles. The van der Waals surface area contributed by atoms with Crippen LogP contribution in [0.25, 0.3) is 0 Å². The molecule has 0 aliphatic heterocycles. The van der Waals surface area contributed by atoms with E-state index < -0.39 is 0 Å². The zero-order valence-corrected chi connectivity index (χ0v) is 9.39. The van der Waals surface area contributed by atoms with E-state index >= 15 is 0 Å². The van der Waals surface area contributed by atoms with Crippen LogP contribution in [-0.2, 0) is 4.74 Å². The SMILES string of the molecule is CCNC(COC)c1cc(C)oc1C. The number of furan rings is 1. The van der Waals surface area contributed by atoms with E-state index in [1.807, 2.05) is 13.8 Å². The van der Waals surface area contributed by atoms with Crippen LogP contribution in [0, 0.1) is 13.8 Å². The van der Waals surface area contributed by atoms with Crippen LogP contribution >= 0.6 is 0 Å². The largest absolute Gasteiger partial charge is 0.466 e. The van der Waals surface area contributed by atoms with E-state index in [1.165, 1.54) is 5.56 Å². The maximum absolute atomic E-state index is 5.49. The molecule has 1 aromatic rings. The zero-order chi connectivity index (χ0) is 10.6. The van der Waals surface area contributed by atoms with Crippen molar-refractivity contribution in [3.8, 4) is 0 Å². The molecule has 14 heavy (non-hydrogen) atoms. The lowest BCUT2D eigenvalue weighted by Crippen LogP contribution is -2.25. The first kappa shape index (κ1) is 11.3. The van der Waals surface area contributed by atoms with Gasteiger partial charge in [-0.15, -0.1) is 0 Å².